The molecule has 0 atom stereocenters. The Kier molecular flexibility index (Phi) is 4.26. The second kappa shape index (κ2) is 5.53. The first-order valence-electron chi connectivity index (χ1n) is 5.78. The summed E-state index contributed by atoms with van der Waals surface area (Å²) in [7, 11) is 0. The lowest BCUT2D eigenvalue weighted by molar-refractivity contribution is 0.0792. The summed E-state index contributed by atoms with van der Waals surface area (Å²) < 4.78 is 0. The van der Waals surface area contributed by atoms with Gasteiger partial charge in [0, 0.05) is 35.9 Å². The van der Waals surface area contributed by atoms with Crippen LogP contribution in [0.25, 0.3) is 0 Å². The van der Waals surface area contributed by atoms with Crippen molar-refractivity contribution >= 4 is 23.2 Å². The van der Waals surface area contributed by atoms with E-state index in [1.54, 1.807) is 0 Å². The molecule has 0 aromatic carbocycles. The van der Waals surface area contributed by atoms with Crippen LogP contribution in [-0.4, -0.2) is 34.2 Å². The van der Waals surface area contributed by atoms with Crippen LogP contribution in [0.1, 0.15) is 24.1 Å². The van der Waals surface area contributed by atoms with Gasteiger partial charge in [-0.25, -0.2) is 4.98 Å². The number of nitrogens with zero attached hydrogens (tertiary/aromatic N) is 2. The highest BCUT2D eigenvalue weighted by Crippen LogP contribution is 2.26. The molecule has 0 radical (unpaired) electrons. The van der Waals surface area contributed by atoms with E-state index in [0.29, 0.717) is 16.7 Å². The molecule has 5 heteroatoms. The number of likely N-dealkylation sites (tertiary alicyclic amines) is 1. The highest BCUT2D eigenvalue weighted by Gasteiger charge is 2.19. The normalized spacial score (nSPS) is 18.6. The minimum absolute atomic E-state index is 0.159. The minimum Gasteiger partial charge on any atom is -0.393 e. The predicted octanol–water partition coefficient (Wildman–Crippen LogP) is 2.65. The molecule has 3 nitrogen and oxygen atoms in total. The number of aliphatic hydroxyl groups excluding tert-OH is 1. The number of hydrogen-bond acceptors (Lipinski definition) is 3. The van der Waals surface area contributed by atoms with E-state index in [0.717, 1.165) is 37.2 Å². The summed E-state index contributed by atoms with van der Waals surface area (Å²) in [5.41, 5.74) is 1.72. The van der Waals surface area contributed by atoms with Gasteiger partial charge in [-0.15, -0.1) is 0 Å². The summed E-state index contributed by atoms with van der Waals surface area (Å²) >= 11 is 12.3. The minimum atomic E-state index is -0.159. The number of aliphatic hydroxyl groups is 1. The van der Waals surface area contributed by atoms with Crippen molar-refractivity contribution in [1.29, 1.82) is 0 Å². The van der Waals surface area contributed by atoms with Gasteiger partial charge in [0.2, 0.25) is 0 Å². The van der Waals surface area contributed by atoms with Crippen LogP contribution in [0.5, 0.6) is 0 Å². The van der Waals surface area contributed by atoms with Gasteiger partial charge in [0.15, 0.2) is 0 Å². The molecule has 0 bridgehead atoms. The SMILES string of the molecule is Cc1cc(Cl)c(CN2CCC(O)CC2)c(Cl)n1. The van der Waals surface area contributed by atoms with Gasteiger partial charge in [-0.3, -0.25) is 4.90 Å². The third-order valence-electron chi connectivity index (χ3n) is 3.09. The van der Waals surface area contributed by atoms with Crippen molar-refractivity contribution in [3.63, 3.8) is 0 Å². The molecule has 0 unspecified atom stereocenters. The molecule has 2 rings (SSSR count). The number of aromatic nitrogens is 1. The Morgan fingerprint density at radius 1 is 1.41 bits per heavy atom. The van der Waals surface area contributed by atoms with Crippen molar-refractivity contribution in [1.82, 2.24) is 9.88 Å². The average Bonchev–Trinajstić information content (AvgIpc) is 2.26. The number of rotatable bonds is 2. The van der Waals surface area contributed by atoms with Gasteiger partial charge in [0.05, 0.1) is 6.10 Å². The van der Waals surface area contributed by atoms with Gasteiger partial charge in [0.25, 0.3) is 0 Å². The van der Waals surface area contributed by atoms with Gasteiger partial charge in [0.1, 0.15) is 5.15 Å². The fourth-order valence-electron chi connectivity index (χ4n) is 2.07. The summed E-state index contributed by atoms with van der Waals surface area (Å²) in [5, 5.41) is 10.6. The van der Waals surface area contributed by atoms with Crippen molar-refractivity contribution in [3.8, 4) is 0 Å². The molecule has 1 aliphatic rings. The van der Waals surface area contributed by atoms with Gasteiger partial charge >= 0.3 is 0 Å². The number of aryl methyl sites for hydroxylation is 1. The van der Waals surface area contributed by atoms with Crippen molar-refractivity contribution in [2.24, 2.45) is 0 Å². The summed E-state index contributed by atoms with van der Waals surface area (Å²) in [4.78, 5) is 6.47. The quantitative estimate of drug-likeness (QED) is 0.843. The first kappa shape index (κ1) is 13.1. The second-order valence-corrected chi connectivity index (χ2v) is 5.29. The number of pyridine rings is 1. The molecule has 1 aromatic heterocycles. The molecule has 0 spiro atoms. The fourth-order valence-corrected chi connectivity index (χ4v) is 2.72. The third-order valence-corrected chi connectivity index (χ3v) is 3.74. The predicted molar refractivity (Wildman–Crippen MR) is 69.5 cm³/mol. The molecule has 0 amide bonds. The Bertz CT molecular complexity index is 380. The van der Waals surface area contributed by atoms with Crippen molar-refractivity contribution in [2.45, 2.75) is 32.4 Å². The molecule has 94 valence electrons. The maximum atomic E-state index is 9.45. The van der Waals surface area contributed by atoms with E-state index in [2.05, 4.69) is 9.88 Å². The van der Waals surface area contributed by atoms with E-state index >= 15 is 0 Å². The Morgan fingerprint density at radius 3 is 2.65 bits per heavy atom. The zero-order chi connectivity index (χ0) is 12.4. The van der Waals surface area contributed by atoms with E-state index in [4.69, 9.17) is 23.2 Å². The van der Waals surface area contributed by atoms with Crippen LogP contribution in [0, 0.1) is 6.92 Å². The van der Waals surface area contributed by atoms with Crippen LogP contribution in [0.3, 0.4) is 0 Å². The highest BCUT2D eigenvalue weighted by atomic mass is 35.5. The molecular formula is C12H16Cl2N2O. The standard InChI is InChI=1S/C12H16Cl2N2O/c1-8-6-11(13)10(12(14)15-8)7-16-4-2-9(17)3-5-16/h6,9,17H,2-5,7H2,1H3. The lowest BCUT2D eigenvalue weighted by atomic mass is 10.1. The van der Waals surface area contributed by atoms with Gasteiger partial charge in [-0.1, -0.05) is 23.2 Å². The van der Waals surface area contributed by atoms with Crippen LogP contribution < -0.4 is 0 Å². The summed E-state index contributed by atoms with van der Waals surface area (Å²) in [5.74, 6) is 0. The topological polar surface area (TPSA) is 36.4 Å². The molecule has 1 fully saturated rings. The van der Waals surface area contributed by atoms with Crippen molar-refractivity contribution < 1.29 is 5.11 Å². The third kappa shape index (κ3) is 3.32. The van der Waals surface area contributed by atoms with Gasteiger partial charge < -0.3 is 5.11 Å². The maximum absolute atomic E-state index is 9.45. The van der Waals surface area contributed by atoms with Crippen LogP contribution in [0.2, 0.25) is 10.2 Å². The van der Waals surface area contributed by atoms with E-state index in [1.807, 2.05) is 13.0 Å². The Hall–Kier alpha value is -0.350. The van der Waals surface area contributed by atoms with E-state index in [-0.39, 0.29) is 6.10 Å². The number of piperidine rings is 1. The van der Waals surface area contributed by atoms with E-state index in [1.165, 1.54) is 0 Å². The van der Waals surface area contributed by atoms with Crippen LogP contribution in [0.4, 0.5) is 0 Å². The van der Waals surface area contributed by atoms with Crippen LogP contribution >= 0.6 is 23.2 Å². The van der Waals surface area contributed by atoms with Crippen molar-refractivity contribution in [2.75, 3.05) is 13.1 Å². The second-order valence-electron chi connectivity index (χ2n) is 4.52. The van der Waals surface area contributed by atoms with E-state index < -0.39 is 0 Å². The first-order chi connectivity index (χ1) is 8.06. The Balaban J connectivity index is 2.08. The molecule has 1 saturated heterocycles. The first-order valence-corrected chi connectivity index (χ1v) is 6.54. The summed E-state index contributed by atoms with van der Waals surface area (Å²) in [6.07, 6.45) is 1.47. The van der Waals surface area contributed by atoms with Crippen molar-refractivity contribution in [3.05, 3.63) is 27.5 Å². The Labute approximate surface area is 111 Å². The molecule has 0 saturated carbocycles. The smallest absolute Gasteiger partial charge is 0.135 e. The Morgan fingerprint density at radius 2 is 2.06 bits per heavy atom. The number of hydrogen-bond donors (Lipinski definition) is 1. The molecule has 1 N–H and O–H groups in total. The zero-order valence-electron chi connectivity index (χ0n) is 9.79. The van der Waals surface area contributed by atoms with Crippen LogP contribution in [0.15, 0.2) is 6.07 Å². The average molecular weight is 275 g/mol. The molecule has 1 aromatic rings. The highest BCUT2D eigenvalue weighted by molar-refractivity contribution is 6.35. The lowest BCUT2D eigenvalue weighted by Gasteiger charge is -2.29. The molecular weight excluding hydrogens is 259 g/mol. The lowest BCUT2D eigenvalue weighted by Crippen LogP contribution is -2.35. The number of halogens is 2. The molecule has 0 aliphatic carbocycles. The van der Waals surface area contributed by atoms with E-state index in [9.17, 15) is 5.11 Å². The zero-order valence-corrected chi connectivity index (χ0v) is 11.3. The monoisotopic (exact) mass is 274 g/mol. The molecule has 2 heterocycles. The van der Waals surface area contributed by atoms with Gasteiger partial charge in [-0.05, 0) is 25.8 Å². The largest absolute Gasteiger partial charge is 0.393 e. The fraction of sp³-hybridized carbons (Fsp3) is 0.583. The molecule has 17 heavy (non-hydrogen) atoms. The maximum Gasteiger partial charge on any atom is 0.135 e. The van der Waals surface area contributed by atoms with Crippen LogP contribution in [-0.2, 0) is 6.54 Å². The molecule has 1 aliphatic heterocycles. The van der Waals surface area contributed by atoms with Gasteiger partial charge in [-0.2, -0.15) is 0 Å². The summed E-state index contributed by atoms with van der Waals surface area (Å²) in [6, 6.07) is 1.83. The summed E-state index contributed by atoms with van der Waals surface area (Å²) in [6.45, 7) is 4.33.